The van der Waals surface area contributed by atoms with Crippen molar-refractivity contribution in [2.24, 2.45) is 0 Å². The van der Waals surface area contributed by atoms with Crippen LogP contribution in [-0.2, 0) is 0 Å². The second-order valence-corrected chi connectivity index (χ2v) is 11.9. The van der Waals surface area contributed by atoms with E-state index in [2.05, 4.69) is 132 Å². The monoisotopic (exact) mass is 589 g/mol. The molecule has 0 N–H and O–H groups in total. The van der Waals surface area contributed by atoms with Gasteiger partial charge in [-0.15, -0.1) is 5.70 Å². The fourth-order valence-corrected chi connectivity index (χ4v) is 6.94. The summed E-state index contributed by atoms with van der Waals surface area (Å²) >= 11 is 0. The lowest BCUT2D eigenvalue weighted by molar-refractivity contribution is 0.633. The minimum absolute atomic E-state index is 0.0678. The third-order valence-corrected chi connectivity index (χ3v) is 9.30. The lowest BCUT2D eigenvalue weighted by atomic mass is 9.90. The van der Waals surface area contributed by atoms with E-state index >= 15 is 0 Å². The number of fused-ring (bicyclic) bond motifs is 10. The molecule has 5 aromatic carbocycles. The largest absolute Gasteiger partial charge is 0.673 e. The summed E-state index contributed by atoms with van der Waals surface area (Å²) < 4.78 is 12.8. The van der Waals surface area contributed by atoms with Gasteiger partial charge in [-0.1, -0.05) is 103 Å². The average molecular weight is 590 g/mol. The van der Waals surface area contributed by atoms with E-state index in [1.165, 1.54) is 16.7 Å². The number of hydrogen-bond acceptors (Lipinski definition) is 3. The average Bonchev–Trinajstić information content (AvgIpc) is 3.69. The van der Waals surface area contributed by atoms with Crippen molar-refractivity contribution in [2.75, 3.05) is 0 Å². The molecule has 0 amide bonds. The van der Waals surface area contributed by atoms with Gasteiger partial charge in [-0.05, 0) is 81.9 Å². The summed E-state index contributed by atoms with van der Waals surface area (Å²) in [6.07, 6.45) is 10.4. The van der Waals surface area contributed by atoms with Crippen LogP contribution in [0.4, 0.5) is 0 Å². The molecule has 0 saturated heterocycles. The van der Waals surface area contributed by atoms with Gasteiger partial charge in [-0.2, -0.15) is 0 Å². The number of allylic oxidation sites excluding steroid dienone is 2. The summed E-state index contributed by atoms with van der Waals surface area (Å²) in [5.74, 6) is 0. The smallest absolute Gasteiger partial charge is 0.178 e. The molecule has 0 bridgehead atoms. The molecule has 1 atom stereocenters. The second kappa shape index (κ2) is 9.68. The fourth-order valence-electron chi connectivity index (χ4n) is 6.94. The molecule has 1 unspecified atom stereocenters. The van der Waals surface area contributed by atoms with E-state index in [0.29, 0.717) is 0 Å². The maximum absolute atomic E-state index is 6.44. The maximum atomic E-state index is 6.44. The van der Waals surface area contributed by atoms with Crippen molar-refractivity contribution in [1.29, 1.82) is 0 Å². The van der Waals surface area contributed by atoms with Crippen LogP contribution in [0, 0.1) is 0 Å². The van der Waals surface area contributed by atoms with Crippen molar-refractivity contribution in [2.45, 2.75) is 6.04 Å². The van der Waals surface area contributed by atoms with Crippen LogP contribution >= 0.6 is 0 Å². The van der Waals surface area contributed by atoms with Crippen molar-refractivity contribution < 1.29 is 8.83 Å². The molecular weight excluding hydrogens is 564 g/mol. The van der Waals surface area contributed by atoms with Crippen molar-refractivity contribution >= 4 is 55.7 Å². The van der Waals surface area contributed by atoms with Gasteiger partial charge in [0.2, 0.25) is 0 Å². The number of rotatable bonds is 3. The van der Waals surface area contributed by atoms with E-state index in [4.69, 9.17) is 14.2 Å². The van der Waals surface area contributed by atoms with Gasteiger partial charge in [-0.25, -0.2) is 0 Å². The maximum Gasteiger partial charge on any atom is 0.178 e. The van der Waals surface area contributed by atoms with E-state index in [9.17, 15) is 0 Å². The number of nitrogens with zero attached hydrogens (tertiary/aromatic N) is 2. The van der Waals surface area contributed by atoms with Crippen LogP contribution in [0.1, 0.15) is 22.9 Å². The Balaban J connectivity index is 0.997. The quantitative estimate of drug-likeness (QED) is 0.206. The standard InChI is InChI=1S/C42H25N2O2/c1-2-5-25(6-3-1)30-15-20-37-34(23-30)32-17-18-33-35-24-31(16-21-38(35)46-42(33)41(32)45-37)26-8-10-27(11-9-26)36-19-14-29-13-12-28-7-4-22-43-39(28)40(29)44-36/h1-24,40H/q-1. The molecule has 4 heterocycles. The molecule has 2 aliphatic rings. The highest BCUT2D eigenvalue weighted by molar-refractivity contribution is 6.19. The van der Waals surface area contributed by atoms with Gasteiger partial charge in [0.1, 0.15) is 11.2 Å². The van der Waals surface area contributed by atoms with E-state index in [-0.39, 0.29) is 6.04 Å². The van der Waals surface area contributed by atoms with Gasteiger partial charge in [0.25, 0.3) is 0 Å². The molecule has 0 fully saturated rings. The minimum atomic E-state index is -0.0678. The summed E-state index contributed by atoms with van der Waals surface area (Å²) in [5, 5.41) is 9.37. The van der Waals surface area contributed by atoms with E-state index in [1.54, 1.807) is 0 Å². The number of aromatic nitrogens is 1. The van der Waals surface area contributed by atoms with Crippen LogP contribution in [0.15, 0.2) is 154 Å². The predicted molar refractivity (Wildman–Crippen MR) is 187 cm³/mol. The highest BCUT2D eigenvalue weighted by Crippen LogP contribution is 2.44. The van der Waals surface area contributed by atoms with Gasteiger partial charge >= 0.3 is 0 Å². The first-order valence-electron chi connectivity index (χ1n) is 15.5. The van der Waals surface area contributed by atoms with Gasteiger partial charge in [0.05, 0.1) is 0 Å². The molecule has 4 nitrogen and oxygen atoms in total. The summed E-state index contributed by atoms with van der Waals surface area (Å²) in [6, 6.07) is 40.2. The topological polar surface area (TPSA) is 53.3 Å². The van der Waals surface area contributed by atoms with Gasteiger partial charge in [0, 0.05) is 33.4 Å². The molecule has 0 radical (unpaired) electrons. The zero-order valence-electron chi connectivity index (χ0n) is 24.6. The fraction of sp³-hybridized carbons (Fsp3) is 0.0238. The summed E-state index contributed by atoms with van der Waals surface area (Å²) in [7, 11) is 0. The Morgan fingerprint density at radius 2 is 1.15 bits per heavy atom. The van der Waals surface area contributed by atoms with Crippen molar-refractivity contribution in [1.82, 2.24) is 4.98 Å². The molecule has 46 heavy (non-hydrogen) atoms. The van der Waals surface area contributed by atoms with Crippen LogP contribution in [0.5, 0.6) is 0 Å². The lowest BCUT2D eigenvalue weighted by Gasteiger charge is -2.41. The van der Waals surface area contributed by atoms with Crippen LogP contribution in [0.2, 0.25) is 0 Å². The highest BCUT2D eigenvalue weighted by atomic mass is 16.4. The van der Waals surface area contributed by atoms with E-state index < -0.39 is 0 Å². The lowest BCUT2D eigenvalue weighted by Crippen LogP contribution is -2.10. The summed E-state index contributed by atoms with van der Waals surface area (Å²) in [6.45, 7) is 0. The number of benzene rings is 5. The molecule has 0 spiro atoms. The number of pyridine rings is 1. The van der Waals surface area contributed by atoms with Crippen LogP contribution in [-0.4, -0.2) is 4.98 Å². The number of furan rings is 2. The molecule has 1 aliphatic heterocycles. The van der Waals surface area contributed by atoms with E-state index in [1.807, 2.05) is 18.3 Å². The molecule has 216 valence electrons. The Labute approximate surface area is 264 Å². The van der Waals surface area contributed by atoms with Crippen LogP contribution in [0.25, 0.3) is 83.2 Å². The normalized spacial score (nSPS) is 15.5. The predicted octanol–water partition coefficient (Wildman–Crippen LogP) is 11.6. The molecule has 4 heteroatoms. The molecule has 1 aliphatic carbocycles. The highest BCUT2D eigenvalue weighted by Gasteiger charge is 2.19. The Kier molecular flexibility index (Phi) is 5.31. The van der Waals surface area contributed by atoms with Crippen molar-refractivity contribution in [3.63, 3.8) is 0 Å². The van der Waals surface area contributed by atoms with E-state index in [0.717, 1.165) is 77.5 Å². The second-order valence-electron chi connectivity index (χ2n) is 11.9. The zero-order chi connectivity index (χ0) is 30.2. The third kappa shape index (κ3) is 3.83. The Bertz CT molecular complexity index is 2600. The summed E-state index contributed by atoms with van der Waals surface area (Å²) in [5.41, 5.74) is 13.3. The van der Waals surface area contributed by atoms with Crippen molar-refractivity contribution in [3.8, 4) is 22.3 Å². The van der Waals surface area contributed by atoms with Crippen molar-refractivity contribution in [3.05, 3.63) is 167 Å². The zero-order valence-corrected chi connectivity index (χ0v) is 24.6. The SMILES string of the molecule is C1=Cc2cccnc2C2[N-]C(c3ccc(-c4ccc5oc6c(ccc7c8cc(-c9ccccc9)ccc8oc76)c5c4)cc3)=CC=C12. The minimum Gasteiger partial charge on any atom is -0.673 e. The molecule has 8 aromatic rings. The molecule has 3 aromatic heterocycles. The Morgan fingerprint density at radius 3 is 1.85 bits per heavy atom. The Morgan fingerprint density at radius 1 is 0.522 bits per heavy atom. The van der Waals surface area contributed by atoms with Crippen LogP contribution < -0.4 is 0 Å². The first-order valence-corrected chi connectivity index (χ1v) is 15.5. The van der Waals surface area contributed by atoms with Gasteiger partial charge in [0.15, 0.2) is 11.2 Å². The molecular formula is C42H25N2O2-. The molecule has 0 saturated carbocycles. The van der Waals surface area contributed by atoms with Gasteiger partial charge < -0.3 is 14.2 Å². The molecule has 10 rings (SSSR count). The third-order valence-electron chi connectivity index (χ3n) is 9.30. The summed E-state index contributed by atoms with van der Waals surface area (Å²) in [4.78, 5) is 4.64. The Hall–Kier alpha value is -6.13. The first kappa shape index (κ1) is 25.2. The van der Waals surface area contributed by atoms with Crippen LogP contribution in [0.3, 0.4) is 0 Å². The number of hydrogen-bond donors (Lipinski definition) is 0. The van der Waals surface area contributed by atoms with Gasteiger partial charge in [-0.3, -0.25) is 4.98 Å². The first-order chi connectivity index (χ1) is 22.8.